The molecule has 0 atom stereocenters. The molecule has 1 fully saturated rings. The molecule has 1 aliphatic rings. The van der Waals surface area contributed by atoms with Gasteiger partial charge in [0.05, 0.1) is 5.52 Å². The van der Waals surface area contributed by atoms with Gasteiger partial charge in [0.25, 0.3) is 0 Å². The Morgan fingerprint density at radius 3 is 2.54 bits per heavy atom. The number of halogens is 1. The fourth-order valence-electron chi connectivity index (χ4n) is 3.45. The van der Waals surface area contributed by atoms with E-state index in [1.165, 1.54) is 35.2 Å². The first kappa shape index (κ1) is 15.6. The Hall–Kier alpha value is -1.90. The van der Waals surface area contributed by atoms with E-state index >= 15 is 0 Å². The molecule has 0 aliphatic heterocycles. The highest BCUT2D eigenvalue weighted by Crippen LogP contribution is 2.41. The van der Waals surface area contributed by atoms with Gasteiger partial charge in [-0.05, 0) is 72.7 Å². The Labute approximate surface area is 147 Å². The first-order valence-corrected chi connectivity index (χ1v) is 8.85. The van der Waals surface area contributed by atoms with Crippen molar-refractivity contribution in [2.75, 3.05) is 6.61 Å². The van der Waals surface area contributed by atoms with Crippen LogP contribution in [0, 0.1) is 6.92 Å². The summed E-state index contributed by atoms with van der Waals surface area (Å²) >= 11 is 6.06. The second-order valence-corrected chi connectivity index (χ2v) is 7.04. The Morgan fingerprint density at radius 2 is 1.88 bits per heavy atom. The van der Waals surface area contributed by atoms with E-state index < -0.39 is 0 Å². The molecule has 0 saturated heterocycles. The summed E-state index contributed by atoms with van der Waals surface area (Å²) in [6.07, 6.45) is 3.15. The first-order chi connectivity index (χ1) is 11.7. The SMILES string of the molecule is Cc1cc2nc(C3CC3)ccc2c(-c2ccc(Cl)cc2)c1CCO. The second-order valence-electron chi connectivity index (χ2n) is 6.60. The average Bonchev–Trinajstić information content (AvgIpc) is 3.41. The Morgan fingerprint density at radius 1 is 1.12 bits per heavy atom. The van der Waals surface area contributed by atoms with Crippen LogP contribution in [-0.4, -0.2) is 16.7 Å². The highest BCUT2D eigenvalue weighted by Gasteiger charge is 2.25. The zero-order valence-corrected chi connectivity index (χ0v) is 14.5. The first-order valence-electron chi connectivity index (χ1n) is 8.47. The van der Waals surface area contributed by atoms with Gasteiger partial charge in [-0.15, -0.1) is 0 Å². The maximum Gasteiger partial charge on any atom is 0.0714 e. The predicted octanol–water partition coefficient (Wildman–Crippen LogP) is 5.28. The number of nitrogens with zero attached hydrogens (tertiary/aromatic N) is 1. The third-order valence-corrected chi connectivity index (χ3v) is 5.09. The quantitative estimate of drug-likeness (QED) is 0.703. The third kappa shape index (κ3) is 2.81. The normalized spacial score (nSPS) is 14.3. The van der Waals surface area contributed by atoms with Crippen LogP contribution >= 0.6 is 11.6 Å². The summed E-state index contributed by atoms with van der Waals surface area (Å²) in [5.41, 5.74) is 6.92. The molecule has 0 amide bonds. The van der Waals surface area contributed by atoms with Gasteiger partial charge < -0.3 is 5.11 Å². The van der Waals surface area contributed by atoms with Crippen molar-refractivity contribution in [3.05, 3.63) is 64.3 Å². The summed E-state index contributed by atoms with van der Waals surface area (Å²) in [6.45, 7) is 2.25. The van der Waals surface area contributed by atoms with Gasteiger partial charge in [-0.2, -0.15) is 0 Å². The second kappa shape index (κ2) is 6.19. The molecular formula is C21H20ClNO. The van der Waals surface area contributed by atoms with Crippen LogP contribution < -0.4 is 0 Å². The molecule has 4 rings (SSSR count). The number of pyridine rings is 1. The number of rotatable bonds is 4. The number of aliphatic hydroxyl groups is 1. The van der Waals surface area contributed by atoms with Crippen molar-refractivity contribution in [2.24, 2.45) is 0 Å². The van der Waals surface area contributed by atoms with E-state index in [0.29, 0.717) is 12.3 Å². The molecule has 1 N–H and O–H groups in total. The zero-order valence-electron chi connectivity index (χ0n) is 13.7. The molecule has 3 aromatic rings. The van der Waals surface area contributed by atoms with Crippen molar-refractivity contribution >= 4 is 22.5 Å². The third-order valence-electron chi connectivity index (χ3n) is 4.84. The number of fused-ring (bicyclic) bond motifs is 1. The number of aromatic nitrogens is 1. The van der Waals surface area contributed by atoms with Crippen molar-refractivity contribution in [2.45, 2.75) is 32.1 Å². The van der Waals surface area contributed by atoms with E-state index in [0.717, 1.165) is 21.5 Å². The summed E-state index contributed by atoms with van der Waals surface area (Å²) < 4.78 is 0. The highest BCUT2D eigenvalue weighted by atomic mass is 35.5. The molecule has 122 valence electrons. The van der Waals surface area contributed by atoms with Crippen LogP contribution in [0.3, 0.4) is 0 Å². The lowest BCUT2D eigenvalue weighted by Crippen LogP contribution is -2.00. The van der Waals surface area contributed by atoms with Gasteiger partial charge in [0.2, 0.25) is 0 Å². The van der Waals surface area contributed by atoms with Crippen molar-refractivity contribution < 1.29 is 5.11 Å². The summed E-state index contributed by atoms with van der Waals surface area (Å²) in [7, 11) is 0. The maximum atomic E-state index is 9.52. The van der Waals surface area contributed by atoms with E-state index in [2.05, 4.69) is 25.1 Å². The standard InChI is InChI=1S/C21H20ClNO/c1-13-12-20-18(8-9-19(23-20)14-2-3-14)21(17(13)10-11-24)15-4-6-16(22)7-5-15/h4-9,12,14,24H,2-3,10-11H2,1H3. The number of aliphatic hydroxyl groups excluding tert-OH is 1. The Kier molecular flexibility index (Phi) is 4.03. The van der Waals surface area contributed by atoms with Crippen LogP contribution in [0.15, 0.2) is 42.5 Å². The van der Waals surface area contributed by atoms with E-state index in [-0.39, 0.29) is 6.61 Å². The lowest BCUT2D eigenvalue weighted by molar-refractivity contribution is 0.299. The molecule has 0 bridgehead atoms. The number of aryl methyl sites for hydroxylation is 1. The summed E-state index contributed by atoms with van der Waals surface area (Å²) in [4.78, 5) is 4.91. The smallest absolute Gasteiger partial charge is 0.0714 e. The van der Waals surface area contributed by atoms with Gasteiger partial charge in [0, 0.05) is 28.6 Å². The summed E-state index contributed by atoms with van der Waals surface area (Å²) in [5, 5.41) is 11.4. The minimum absolute atomic E-state index is 0.139. The van der Waals surface area contributed by atoms with Gasteiger partial charge in [-0.25, -0.2) is 0 Å². The summed E-state index contributed by atoms with van der Waals surface area (Å²) in [5.74, 6) is 0.644. The molecule has 24 heavy (non-hydrogen) atoms. The van der Waals surface area contributed by atoms with E-state index in [1.807, 2.05) is 24.3 Å². The predicted molar refractivity (Wildman–Crippen MR) is 99.7 cm³/mol. The molecule has 3 heteroatoms. The van der Waals surface area contributed by atoms with Crippen LogP contribution in [0.25, 0.3) is 22.0 Å². The van der Waals surface area contributed by atoms with Crippen molar-refractivity contribution in [1.82, 2.24) is 4.98 Å². The number of hydrogen-bond donors (Lipinski definition) is 1. The topological polar surface area (TPSA) is 33.1 Å². The fraction of sp³-hybridized carbons (Fsp3) is 0.286. The van der Waals surface area contributed by atoms with Gasteiger partial charge in [-0.3, -0.25) is 4.98 Å². The lowest BCUT2D eigenvalue weighted by atomic mass is 9.90. The number of hydrogen-bond acceptors (Lipinski definition) is 2. The molecule has 0 radical (unpaired) electrons. The molecule has 1 saturated carbocycles. The van der Waals surface area contributed by atoms with E-state index in [1.54, 1.807) is 0 Å². The van der Waals surface area contributed by atoms with Gasteiger partial charge in [0.1, 0.15) is 0 Å². The monoisotopic (exact) mass is 337 g/mol. The van der Waals surface area contributed by atoms with Crippen LogP contribution in [0.1, 0.15) is 35.6 Å². The molecule has 1 heterocycles. The van der Waals surface area contributed by atoms with Gasteiger partial charge in [0.15, 0.2) is 0 Å². The summed E-state index contributed by atoms with van der Waals surface area (Å²) in [6, 6.07) is 14.4. The molecule has 0 unspecified atom stereocenters. The van der Waals surface area contributed by atoms with Gasteiger partial charge in [-0.1, -0.05) is 29.8 Å². The van der Waals surface area contributed by atoms with Crippen molar-refractivity contribution in [3.63, 3.8) is 0 Å². The van der Waals surface area contributed by atoms with Crippen LogP contribution in [0.5, 0.6) is 0 Å². The van der Waals surface area contributed by atoms with Crippen LogP contribution in [0.4, 0.5) is 0 Å². The highest BCUT2D eigenvalue weighted by molar-refractivity contribution is 6.30. The molecule has 1 aliphatic carbocycles. The van der Waals surface area contributed by atoms with Crippen molar-refractivity contribution in [1.29, 1.82) is 0 Å². The van der Waals surface area contributed by atoms with E-state index in [9.17, 15) is 5.11 Å². The molecule has 1 aromatic heterocycles. The average molecular weight is 338 g/mol. The van der Waals surface area contributed by atoms with E-state index in [4.69, 9.17) is 16.6 Å². The molecule has 0 spiro atoms. The minimum atomic E-state index is 0.139. The number of benzene rings is 2. The Balaban J connectivity index is 1.98. The largest absolute Gasteiger partial charge is 0.396 e. The minimum Gasteiger partial charge on any atom is -0.396 e. The molecular weight excluding hydrogens is 318 g/mol. The molecule has 2 aromatic carbocycles. The van der Waals surface area contributed by atoms with Crippen molar-refractivity contribution in [3.8, 4) is 11.1 Å². The maximum absolute atomic E-state index is 9.52. The Bertz CT molecular complexity index is 898. The van der Waals surface area contributed by atoms with Crippen LogP contribution in [0.2, 0.25) is 5.02 Å². The lowest BCUT2D eigenvalue weighted by Gasteiger charge is -2.16. The van der Waals surface area contributed by atoms with Gasteiger partial charge >= 0.3 is 0 Å². The molecule has 2 nitrogen and oxygen atoms in total. The fourth-order valence-corrected chi connectivity index (χ4v) is 3.58. The zero-order chi connectivity index (χ0) is 16.7. The van der Waals surface area contributed by atoms with Crippen LogP contribution in [-0.2, 0) is 6.42 Å².